The highest BCUT2D eigenvalue weighted by Crippen LogP contribution is 2.47. The molecule has 0 amide bonds. The molecule has 1 aliphatic heterocycles. The molecule has 3 atom stereocenters. The maximum Gasteiger partial charge on any atom is 0.335 e. The summed E-state index contributed by atoms with van der Waals surface area (Å²) in [5, 5.41) is 10.7. The zero-order valence-corrected chi connectivity index (χ0v) is 18.2. The normalized spacial score (nSPS) is 23.9. The molecular formula is C26H30N2O3. The van der Waals surface area contributed by atoms with Crippen LogP contribution in [0.25, 0.3) is 10.9 Å². The number of carboxylic acids is 1. The Kier molecular flexibility index (Phi) is 5.32. The van der Waals surface area contributed by atoms with Crippen molar-refractivity contribution in [1.29, 1.82) is 0 Å². The van der Waals surface area contributed by atoms with E-state index in [9.17, 15) is 9.90 Å². The number of hydrogen-bond acceptors (Lipinski definition) is 3. The lowest BCUT2D eigenvalue weighted by atomic mass is 9.89. The minimum Gasteiger partial charge on any atom is -0.478 e. The molecule has 5 rings (SSSR count). The number of H-pyrrole nitrogens is 1. The van der Waals surface area contributed by atoms with Crippen LogP contribution in [0.3, 0.4) is 0 Å². The van der Waals surface area contributed by atoms with Crippen molar-refractivity contribution in [1.82, 2.24) is 9.88 Å². The predicted molar refractivity (Wildman–Crippen MR) is 122 cm³/mol. The Hall–Kier alpha value is -2.63. The van der Waals surface area contributed by atoms with Gasteiger partial charge in [-0.3, -0.25) is 4.90 Å². The summed E-state index contributed by atoms with van der Waals surface area (Å²) >= 11 is 0. The number of aryl methyl sites for hydroxylation is 2. The molecule has 3 aromatic rings. The van der Waals surface area contributed by atoms with E-state index in [1.807, 2.05) is 12.1 Å². The molecule has 1 saturated heterocycles. The van der Waals surface area contributed by atoms with Crippen molar-refractivity contribution >= 4 is 16.9 Å². The van der Waals surface area contributed by atoms with Crippen molar-refractivity contribution in [2.45, 2.75) is 57.7 Å². The van der Waals surface area contributed by atoms with E-state index in [2.05, 4.69) is 42.1 Å². The van der Waals surface area contributed by atoms with Gasteiger partial charge >= 0.3 is 5.97 Å². The van der Waals surface area contributed by atoms with E-state index in [-0.39, 0.29) is 12.1 Å². The van der Waals surface area contributed by atoms with E-state index >= 15 is 0 Å². The van der Waals surface area contributed by atoms with E-state index in [1.165, 1.54) is 33.2 Å². The van der Waals surface area contributed by atoms with Crippen molar-refractivity contribution in [3.8, 4) is 0 Å². The number of nitrogens with one attached hydrogen (secondary N) is 1. The fourth-order valence-electron chi connectivity index (χ4n) is 5.76. The number of nitrogens with zero attached hydrogens (tertiary/aromatic N) is 1. The molecule has 0 radical (unpaired) electrons. The van der Waals surface area contributed by atoms with E-state index in [0.717, 1.165) is 38.8 Å². The van der Waals surface area contributed by atoms with Crippen LogP contribution in [0, 0.1) is 6.92 Å². The lowest BCUT2D eigenvalue weighted by Crippen LogP contribution is -2.41. The number of carbonyl (C=O) groups is 1. The molecule has 2 aliphatic rings. The lowest BCUT2D eigenvalue weighted by Gasteiger charge is -2.43. The smallest absolute Gasteiger partial charge is 0.335 e. The molecule has 31 heavy (non-hydrogen) atoms. The molecule has 1 unspecified atom stereocenters. The summed E-state index contributed by atoms with van der Waals surface area (Å²) in [5.41, 5.74) is 7.03. The Morgan fingerprint density at radius 1 is 1.19 bits per heavy atom. The van der Waals surface area contributed by atoms with Crippen LogP contribution in [0.4, 0.5) is 0 Å². The molecule has 1 aromatic heterocycles. The number of aromatic nitrogens is 1. The maximum atomic E-state index is 11.3. The lowest BCUT2D eigenvalue weighted by molar-refractivity contribution is -0.0255. The highest BCUT2D eigenvalue weighted by Gasteiger charge is 2.38. The third-order valence-corrected chi connectivity index (χ3v) is 7.13. The molecule has 2 heterocycles. The highest BCUT2D eigenvalue weighted by molar-refractivity contribution is 5.88. The van der Waals surface area contributed by atoms with E-state index in [4.69, 9.17) is 4.74 Å². The third-order valence-electron chi connectivity index (χ3n) is 7.13. The first-order valence-corrected chi connectivity index (χ1v) is 11.4. The number of likely N-dealkylation sites (tertiary alicyclic amines) is 1. The molecule has 2 N–H and O–H groups in total. The molecule has 0 spiro atoms. The van der Waals surface area contributed by atoms with Crippen LogP contribution in [-0.2, 0) is 11.2 Å². The second-order valence-corrected chi connectivity index (χ2v) is 8.87. The zero-order chi connectivity index (χ0) is 21.5. The molecule has 1 aliphatic carbocycles. The molecular weight excluding hydrogens is 388 g/mol. The van der Waals surface area contributed by atoms with Gasteiger partial charge in [-0.25, -0.2) is 4.79 Å². The number of piperidine rings is 1. The van der Waals surface area contributed by atoms with Crippen molar-refractivity contribution in [2.75, 3.05) is 13.2 Å². The van der Waals surface area contributed by atoms with Crippen molar-refractivity contribution < 1.29 is 14.6 Å². The number of benzene rings is 2. The Morgan fingerprint density at radius 2 is 2.00 bits per heavy atom. The molecule has 162 valence electrons. The van der Waals surface area contributed by atoms with E-state index < -0.39 is 5.97 Å². The Bertz CT molecular complexity index is 1100. The topological polar surface area (TPSA) is 65.6 Å². The SMILES string of the molecule is CCO[C@@H]1CCN(C2CCc3cc(C)c4[nH]ccc4c32)[C@@H](c2ccc(C(=O)O)cc2)C1. The largest absolute Gasteiger partial charge is 0.478 e. The van der Waals surface area contributed by atoms with Crippen LogP contribution < -0.4 is 0 Å². The summed E-state index contributed by atoms with van der Waals surface area (Å²) in [6, 6.07) is 12.6. The second kappa shape index (κ2) is 8.13. The van der Waals surface area contributed by atoms with Gasteiger partial charge in [-0.1, -0.05) is 18.2 Å². The van der Waals surface area contributed by atoms with Crippen molar-refractivity contribution in [2.24, 2.45) is 0 Å². The van der Waals surface area contributed by atoms with E-state index in [1.54, 1.807) is 12.1 Å². The first-order chi connectivity index (χ1) is 15.1. The summed E-state index contributed by atoms with van der Waals surface area (Å²) in [6.07, 6.45) is 6.51. The third kappa shape index (κ3) is 3.56. The van der Waals surface area contributed by atoms with Crippen LogP contribution in [0.1, 0.15) is 70.9 Å². The number of fused-ring (bicyclic) bond motifs is 3. The van der Waals surface area contributed by atoms with Gasteiger partial charge in [0.2, 0.25) is 0 Å². The summed E-state index contributed by atoms with van der Waals surface area (Å²) in [6.45, 7) is 5.96. The van der Waals surface area contributed by atoms with Gasteiger partial charge in [-0.05, 0) is 80.0 Å². The van der Waals surface area contributed by atoms with Crippen LogP contribution in [0.15, 0.2) is 42.6 Å². The van der Waals surface area contributed by atoms with Gasteiger partial charge < -0.3 is 14.8 Å². The number of aromatic carboxylic acids is 1. The van der Waals surface area contributed by atoms with Gasteiger partial charge in [0.15, 0.2) is 0 Å². The second-order valence-electron chi connectivity index (χ2n) is 8.87. The van der Waals surface area contributed by atoms with Crippen LogP contribution in [-0.4, -0.2) is 40.2 Å². The van der Waals surface area contributed by atoms with Gasteiger partial charge in [0, 0.05) is 42.3 Å². The first kappa shape index (κ1) is 20.3. The monoisotopic (exact) mass is 418 g/mol. The number of carboxylic acid groups (broad SMARTS) is 1. The molecule has 5 nitrogen and oxygen atoms in total. The first-order valence-electron chi connectivity index (χ1n) is 11.4. The quantitative estimate of drug-likeness (QED) is 0.582. The van der Waals surface area contributed by atoms with Crippen LogP contribution in [0.5, 0.6) is 0 Å². The Morgan fingerprint density at radius 3 is 2.74 bits per heavy atom. The average molecular weight is 419 g/mol. The molecule has 5 heteroatoms. The van der Waals surface area contributed by atoms with Crippen LogP contribution in [0.2, 0.25) is 0 Å². The highest BCUT2D eigenvalue weighted by atomic mass is 16.5. The number of hydrogen-bond donors (Lipinski definition) is 2. The average Bonchev–Trinajstić information content (AvgIpc) is 3.41. The summed E-state index contributed by atoms with van der Waals surface area (Å²) in [5.74, 6) is -0.880. The molecule has 0 bridgehead atoms. The van der Waals surface area contributed by atoms with E-state index in [0.29, 0.717) is 11.6 Å². The zero-order valence-electron chi connectivity index (χ0n) is 18.2. The maximum absolute atomic E-state index is 11.3. The van der Waals surface area contributed by atoms with Crippen molar-refractivity contribution in [3.63, 3.8) is 0 Å². The predicted octanol–water partition coefficient (Wildman–Crippen LogP) is 5.40. The van der Waals surface area contributed by atoms with Gasteiger partial charge in [0.25, 0.3) is 0 Å². The minimum atomic E-state index is -0.880. The van der Waals surface area contributed by atoms with Gasteiger partial charge in [0.1, 0.15) is 0 Å². The molecule has 1 fully saturated rings. The van der Waals surface area contributed by atoms with Crippen LogP contribution >= 0.6 is 0 Å². The number of ether oxygens (including phenoxy) is 1. The summed E-state index contributed by atoms with van der Waals surface area (Å²) < 4.78 is 6.02. The van der Waals surface area contributed by atoms with Gasteiger partial charge in [0.05, 0.1) is 11.7 Å². The standard InChI is InChI=1S/C26H30N2O3/c1-3-31-20-11-13-28(23(15-20)17-4-6-18(7-5-17)26(29)30)22-9-8-19-14-16(2)25-21(24(19)22)10-12-27-25/h4-7,10,12,14,20,22-23,27H,3,8-9,11,13,15H2,1-2H3,(H,29,30)/t20-,22?,23-/m1/s1. The fourth-order valence-corrected chi connectivity index (χ4v) is 5.76. The number of rotatable bonds is 5. The van der Waals surface area contributed by atoms with Gasteiger partial charge in [-0.2, -0.15) is 0 Å². The molecule has 2 aromatic carbocycles. The Labute approximate surface area is 183 Å². The minimum absolute atomic E-state index is 0.222. The van der Waals surface area contributed by atoms with Crippen molar-refractivity contribution in [3.05, 3.63) is 70.4 Å². The summed E-state index contributed by atoms with van der Waals surface area (Å²) in [4.78, 5) is 17.4. The molecule has 0 saturated carbocycles. The number of aromatic amines is 1. The summed E-state index contributed by atoms with van der Waals surface area (Å²) in [7, 11) is 0. The fraction of sp³-hybridized carbons (Fsp3) is 0.423. The van der Waals surface area contributed by atoms with Gasteiger partial charge in [-0.15, -0.1) is 0 Å². The Balaban J connectivity index is 1.53.